The molecule has 0 saturated carbocycles. The molecule has 5 heteroatoms. The first-order valence-corrected chi connectivity index (χ1v) is 9.91. The lowest BCUT2D eigenvalue weighted by atomic mass is 9.93. The summed E-state index contributed by atoms with van der Waals surface area (Å²) in [6.45, 7) is 4.54. The third-order valence-electron chi connectivity index (χ3n) is 5.33. The van der Waals surface area contributed by atoms with Crippen molar-refractivity contribution in [3.05, 3.63) is 35.9 Å². The molecular weight excluding hydrogens is 330 g/mol. The molecule has 1 aromatic carbocycles. The van der Waals surface area contributed by atoms with Gasteiger partial charge in [-0.3, -0.25) is 9.69 Å². The predicted molar refractivity (Wildman–Crippen MR) is 99.7 cm³/mol. The van der Waals surface area contributed by atoms with E-state index in [4.69, 9.17) is 14.2 Å². The number of hydrogen-bond acceptors (Lipinski definition) is 5. The third kappa shape index (κ3) is 5.53. The number of likely N-dealkylation sites (tertiary alicyclic amines) is 1. The summed E-state index contributed by atoms with van der Waals surface area (Å²) in [5.41, 5.74) is 1.21. The van der Waals surface area contributed by atoms with E-state index in [-0.39, 0.29) is 18.3 Å². The quantitative estimate of drug-likeness (QED) is 0.693. The Hall–Kier alpha value is -1.43. The van der Waals surface area contributed by atoms with Gasteiger partial charge in [-0.05, 0) is 44.2 Å². The Morgan fingerprint density at radius 1 is 1.15 bits per heavy atom. The zero-order valence-corrected chi connectivity index (χ0v) is 15.8. The number of ether oxygens (including phenoxy) is 3. The number of rotatable bonds is 7. The van der Waals surface area contributed by atoms with E-state index in [0.29, 0.717) is 12.6 Å². The Labute approximate surface area is 156 Å². The Morgan fingerprint density at radius 3 is 2.65 bits per heavy atom. The van der Waals surface area contributed by atoms with Crippen molar-refractivity contribution in [2.45, 2.75) is 63.8 Å². The molecule has 2 heterocycles. The molecule has 0 N–H and O–H groups in total. The lowest BCUT2D eigenvalue weighted by Gasteiger charge is -2.41. The van der Waals surface area contributed by atoms with Gasteiger partial charge in [0.2, 0.25) is 0 Å². The maximum absolute atomic E-state index is 11.4. The first kappa shape index (κ1) is 19.3. The van der Waals surface area contributed by atoms with Gasteiger partial charge in [0.1, 0.15) is 6.61 Å². The van der Waals surface area contributed by atoms with Crippen LogP contribution in [0.15, 0.2) is 30.3 Å². The van der Waals surface area contributed by atoms with Crippen molar-refractivity contribution >= 4 is 5.97 Å². The maximum Gasteiger partial charge on any atom is 0.302 e. The van der Waals surface area contributed by atoms with E-state index in [2.05, 4.69) is 29.2 Å². The molecule has 144 valence electrons. The number of hydrogen-bond donors (Lipinski definition) is 0. The normalized spacial score (nSPS) is 23.5. The van der Waals surface area contributed by atoms with Crippen molar-refractivity contribution in [1.29, 1.82) is 0 Å². The van der Waals surface area contributed by atoms with E-state index in [9.17, 15) is 4.79 Å². The SMILES string of the molecule is CC(=O)OC[C@H](c1ccccc1)N1CCCC[C@@H]1CCC1OCCCO1. The second-order valence-corrected chi connectivity index (χ2v) is 7.22. The van der Waals surface area contributed by atoms with Crippen LogP contribution in [-0.4, -0.2) is 49.6 Å². The molecule has 2 aliphatic heterocycles. The van der Waals surface area contributed by atoms with Gasteiger partial charge in [0, 0.05) is 13.0 Å². The molecule has 0 bridgehead atoms. The zero-order chi connectivity index (χ0) is 18.2. The van der Waals surface area contributed by atoms with Crippen LogP contribution >= 0.6 is 0 Å². The molecule has 2 saturated heterocycles. The highest BCUT2D eigenvalue weighted by atomic mass is 16.7. The minimum Gasteiger partial charge on any atom is -0.464 e. The smallest absolute Gasteiger partial charge is 0.302 e. The van der Waals surface area contributed by atoms with Gasteiger partial charge < -0.3 is 14.2 Å². The minimum atomic E-state index is -0.219. The summed E-state index contributed by atoms with van der Waals surface area (Å²) < 4.78 is 16.9. The summed E-state index contributed by atoms with van der Waals surface area (Å²) in [6.07, 6.45) is 6.53. The summed E-state index contributed by atoms with van der Waals surface area (Å²) in [6, 6.07) is 11.0. The van der Waals surface area contributed by atoms with E-state index in [1.807, 2.05) is 6.07 Å². The molecule has 2 fully saturated rings. The number of esters is 1. The van der Waals surface area contributed by atoms with Crippen molar-refractivity contribution in [3.63, 3.8) is 0 Å². The van der Waals surface area contributed by atoms with Crippen molar-refractivity contribution in [3.8, 4) is 0 Å². The van der Waals surface area contributed by atoms with Crippen LogP contribution < -0.4 is 0 Å². The lowest BCUT2D eigenvalue weighted by Crippen LogP contribution is -2.44. The fourth-order valence-corrected chi connectivity index (χ4v) is 4.03. The van der Waals surface area contributed by atoms with E-state index >= 15 is 0 Å². The lowest BCUT2D eigenvalue weighted by molar-refractivity contribution is -0.183. The molecule has 0 spiro atoms. The number of benzene rings is 1. The highest BCUT2D eigenvalue weighted by molar-refractivity contribution is 5.65. The number of carbonyl (C=O) groups is 1. The Kier molecular flexibility index (Phi) is 7.47. The zero-order valence-electron chi connectivity index (χ0n) is 15.8. The van der Waals surface area contributed by atoms with Crippen LogP contribution in [0.2, 0.25) is 0 Å². The second kappa shape index (κ2) is 10.0. The average Bonchev–Trinajstić information content (AvgIpc) is 2.69. The van der Waals surface area contributed by atoms with Gasteiger partial charge >= 0.3 is 5.97 Å². The van der Waals surface area contributed by atoms with Crippen LogP contribution in [0.4, 0.5) is 0 Å². The highest BCUT2D eigenvalue weighted by Crippen LogP contribution is 2.32. The van der Waals surface area contributed by atoms with Crippen molar-refractivity contribution < 1.29 is 19.0 Å². The molecule has 2 atom stereocenters. The molecule has 3 rings (SSSR count). The second-order valence-electron chi connectivity index (χ2n) is 7.22. The van der Waals surface area contributed by atoms with Gasteiger partial charge in [0.15, 0.2) is 6.29 Å². The van der Waals surface area contributed by atoms with Crippen LogP contribution in [-0.2, 0) is 19.0 Å². The van der Waals surface area contributed by atoms with Crippen LogP contribution in [0.1, 0.15) is 57.1 Å². The van der Waals surface area contributed by atoms with Crippen molar-refractivity contribution in [2.24, 2.45) is 0 Å². The standard InChI is InChI=1S/C21H31NO4/c1-17(23)26-16-20(18-8-3-2-4-9-18)22-13-6-5-10-19(22)11-12-21-24-14-7-15-25-21/h2-4,8-9,19-21H,5-7,10-16H2,1H3/t19-,20-/m1/s1. The van der Waals surface area contributed by atoms with Crippen molar-refractivity contribution in [1.82, 2.24) is 4.90 Å². The molecule has 5 nitrogen and oxygen atoms in total. The first-order chi connectivity index (χ1) is 12.7. The van der Waals surface area contributed by atoms with Crippen molar-refractivity contribution in [2.75, 3.05) is 26.4 Å². The molecule has 0 amide bonds. The number of piperidine rings is 1. The molecular formula is C21H31NO4. The maximum atomic E-state index is 11.4. The van der Waals surface area contributed by atoms with Crippen LogP contribution in [0.5, 0.6) is 0 Å². The number of carbonyl (C=O) groups excluding carboxylic acids is 1. The number of nitrogens with zero attached hydrogens (tertiary/aromatic N) is 1. The average molecular weight is 361 g/mol. The molecule has 0 radical (unpaired) electrons. The van der Waals surface area contributed by atoms with E-state index in [1.165, 1.54) is 31.7 Å². The van der Waals surface area contributed by atoms with Gasteiger partial charge in [-0.2, -0.15) is 0 Å². The topological polar surface area (TPSA) is 48.0 Å². The summed E-state index contributed by atoms with van der Waals surface area (Å²) in [4.78, 5) is 13.9. The monoisotopic (exact) mass is 361 g/mol. The largest absolute Gasteiger partial charge is 0.464 e. The highest BCUT2D eigenvalue weighted by Gasteiger charge is 2.31. The van der Waals surface area contributed by atoms with Crippen LogP contribution in [0.25, 0.3) is 0 Å². The predicted octanol–water partition coefficient (Wildman–Crippen LogP) is 3.69. The molecule has 0 unspecified atom stereocenters. The minimum absolute atomic E-state index is 0.0591. The van der Waals surface area contributed by atoms with Gasteiger partial charge in [-0.1, -0.05) is 36.8 Å². The Bertz CT molecular complexity index is 544. The molecule has 2 aliphatic rings. The summed E-state index contributed by atoms with van der Waals surface area (Å²) in [5, 5.41) is 0. The van der Waals surface area contributed by atoms with Gasteiger partial charge in [0.05, 0.1) is 19.3 Å². The fourth-order valence-electron chi connectivity index (χ4n) is 4.03. The van der Waals surface area contributed by atoms with Gasteiger partial charge in [-0.25, -0.2) is 0 Å². The Balaban J connectivity index is 1.67. The Morgan fingerprint density at radius 2 is 1.92 bits per heavy atom. The van der Waals surface area contributed by atoms with Gasteiger partial charge in [0.25, 0.3) is 0 Å². The summed E-state index contributed by atoms with van der Waals surface area (Å²) >= 11 is 0. The van der Waals surface area contributed by atoms with E-state index in [1.54, 1.807) is 0 Å². The fraction of sp³-hybridized carbons (Fsp3) is 0.667. The molecule has 26 heavy (non-hydrogen) atoms. The van der Waals surface area contributed by atoms with E-state index < -0.39 is 0 Å². The van der Waals surface area contributed by atoms with Gasteiger partial charge in [-0.15, -0.1) is 0 Å². The summed E-state index contributed by atoms with van der Waals surface area (Å²) in [7, 11) is 0. The third-order valence-corrected chi connectivity index (χ3v) is 5.33. The first-order valence-electron chi connectivity index (χ1n) is 9.91. The van der Waals surface area contributed by atoms with Crippen LogP contribution in [0, 0.1) is 0 Å². The van der Waals surface area contributed by atoms with E-state index in [0.717, 1.165) is 39.0 Å². The van der Waals surface area contributed by atoms with Crippen LogP contribution in [0.3, 0.4) is 0 Å². The molecule has 0 aromatic heterocycles. The molecule has 1 aromatic rings. The molecule has 0 aliphatic carbocycles. The summed E-state index contributed by atoms with van der Waals surface area (Å²) in [5.74, 6) is -0.219.